The zero-order valence-electron chi connectivity index (χ0n) is 8.85. The summed E-state index contributed by atoms with van der Waals surface area (Å²) in [5.74, 6) is 0.922. The van der Waals surface area contributed by atoms with E-state index in [2.05, 4.69) is 21.0 Å². The molecule has 17 heavy (non-hydrogen) atoms. The Morgan fingerprint density at radius 2 is 2.29 bits per heavy atom. The summed E-state index contributed by atoms with van der Waals surface area (Å²) in [4.78, 5) is 10.9. The van der Waals surface area contributed by atoms with E-state index in [9.17, 15) is 4.79 Å². The molecule has 2 rings (SSSR count). The highest BCUT2D eigenvalue weighted by Gasteiger charge is 2.15. The van der Waals surface area contributed by atoms with Crippen molar-refractivity contribution in [2.75, 3.05) is 0 Å². The van der Waals surface area contributed by atoms with Crippen LogP contribution in [0.1, 0.15) is 10.4 Å². The molecule has 0 saturated carbocycles. The fourth-order valence-corrected chi connectivity index (χ4v) is 2.04. The SMILES string of the molecule is Cn1nc(Br)c(C=O)c1Oc1cccc(Cl)c1. The van der Waals surface area contributed by atoms with Crippen LogP contribution in [-0.2, 0) is 7.05 Å². The molecular formula is C11H8BrClN2O2. The summed E-state index contributed by atoms with van der Waals surface area (Å²) in [5, 5.41) is 4.61. The summed E-state index contributed by atoms with van der Waals surface area (Å²) < 4.78 is 7.52. The number of benzene rings is 1. The van der Waals surface area contributed by atoms with Gasteiger partial charge in [0.05, 0.1) is 0 Å². The minimum Gasteiger partial charge on any atom is -0.438 e. The molecule has 0 radical (unpaired) electrons. The number of halogens is 2. The molecule has 88 valence electrons. The molecule has 6 heteroatoms. The highest BCUT2D eigenvalue weighted by atomic mass is 79.9. The van der Waals surface area contributed by atoms with E-state index in [4.69, 9.17) is 16.3 Å². The van der Waals surface area contributed by atoms with Crippen molar-refractivity contribution in [3.63, 3.8) is 0 Å². The van der Waals surface area contributed by atoms with Crippen LogP contribution in [0.15, 0.2) is 28.9 Å². The first-order valence-electron chi connectivity index (χ1n) is 4.73. The fraction of sp³-hybridized carbons (Fsp3) is 0.0909. The maximum absolute atomic E-state index is 10.9. The second kappa shape index (κ2) is 4.89. The molecule has 1 heterocycles. The normalized spacial score (nSPS) is 10.3. The average Bonchev–Trinajstić information content (AvgIpc) is 2.53. The number of ether oxygens (including phenoxy) is 1. The van der Waals surface area contributed by atoms with Crippen LogP contribution in [0.3, 0.4) is 0 Å². The van der Waals surface area contributed by atoms with Gasteiger partial charge in [-0.1, -0.05) is 17.7 Å². The van der Waals surface area contributed by atoms with Crippen molar-refractivity contribution in [1.82, 2.24) is 9.78 Å². The maximum Gasteiger partial charge on any atom is 0.229 e. The molecule has 0 atom stereocenters. The van der Waals surface area contributed by atoms with Crippen LogP contribution in [0.25, 0.3) is 0 Å². The summed E-state index contributed by atoms with van der Waals surface area (Å²) in [7, 11) is 1.69. The number of aryl methyl sites for hydroxylation is 1. The van der Waals surface area contributed by atoms with Crippen molar-refractivity contribution >= 4 is 33.8 Å². The molecule has 2 aromatic rings. The van der Waals surface area contributed by atoms with Gasteiger partial charge in [0.2, 0.25) is 5.88 Å². The number of carbonyl (C=O) groups excluding carboxylic acids is 1. The highest BCUT2D eigenvalue weighted by molar-refractivity contribution is 9.10. The summed E-state index contributed by atoms with van der Waals surface area (Å²) in [6, 6.07) is 6.93. The van der Waals surface area contributed by atoms with Gasteiger partial charge in [-0.15, -0.1) is 0 Å². The molecule has 0 aliphatic carbocycles. The fourth-order valence-electron chi connectivity index (χ4n) is 1.36. The predicted octanol–water partition coefficient (Wildman–Crippen LogP) is 3.44. The third kappa shape index (κ3) is 2.50. The number of hydrogen-bond acceptors (Lipinski definition) is 3. The Morgan fingerprint density at radius 1 is 1.53 bits per heavy atom. The zero-order chi connectivity index (χ0) is 12.4. The van der Waals surface area contributed by atoms with Crippen molar-refractivity contribution < 1.29 is 9.53 Å². The van der Waals surface area contributed by atoms with Crippen molar-refractivity contribution in [2.24, 2.45) is 7.05 Å². The first-order chi connectivity index (χ1) is 8.11. The van der Waals surface area contributed by atoms with Crippen LogP contribution in [0.5, 0.6) is 11.6 Å². The van der Waals surface area contributed by atoms with E-state index in [0.29, 0.717) is 33.1 Å². The van der Waals surface area contributed by atoms with Crippen LogP contribution in [0.4, 0.5) is 0 Å². The number of aromatic nitrogens is 2. The summed E-state index contributed by atoms with van der Waals surface area (Å²) in [6.45, 7) is 0. The molecule has 0 aliphatic rings. The van der Waals surface area contributed by atoms with Gasteiger partial charge in [0.15, 0.2) is 6.29 Å². The molecule has 0 unspecified atom stereocenters. The maximum atomic E-state index is 10.9. The van der Waals surface area contributed by atoms with Gasteiger partial charge in [0.1, 0.15) is 15.9 Å². The van der Waals surface area contributed by atoms with Crippen molar-refractivity contribution in [3.8, 4) is 11.6 Å². The molecular weight excluding hydrogens is 307 g/mol. The summed E-state index contributed by atoms with van der Waals surface area (Å²) in [5.41, 5.74) is 0.368. The number of rotatable bonds is 3. The van der Waals surface area contributed by atoms with Gasteiger partial charge < -0.3 is 4.74 Å². The van der Waals surface area contributed by atoms with Gasteiger partial charge in [-0.2, -0.15) is 5.10 Å². The molecule has 0 amide bonds. The van der Waals surface area contributed by atoms with Gasteiger partial charge in [-0.3, -0.25) is 4.79 Å². The number of carbonyl (C=O) groups is 1. The minimum absolute atomic E-state index is 0.368. The van der Waals surface area contributed by atoms with E-state index in [1.54, 1.807) is 31.3 Å². The van der Waals surface area contributed by atoms with Crippen LogP contribution in [0.2, 0.25) is 5.02 Å². The summed E-state index contributed by atoms with van der Waals surface area (Å²) in [6.07, 6.45) is 0.691. The third-order valence-corrected chi connectivity index (χ3v) is 2.93. The lowest BCUT2D eigenvalue weighted by Crippen LogP contribution is -1.96. The van der Waals surface area contributed by atoms with Crippen molar-refractivity contribution in [2.45, 2.75) is 0 Å². The Morgan fingerprint density at radius 3 is 2.94 bits per heavy atom. The van der Waals surface area contributed by atoms with Crippen LogP contribution in [0, 0.1) is 0 Å². The van der Waals surface area contributed by atoms with Crippen molar-refractivity contribution in [3.05, 3.63) is 39.5 Å². The standard InChI is InChI=1S/C11H8BrClN2O2/c1-15-11(9(6-16)10(12)14-15)17-8-4-2-3-7(13)5-8/h2-6H,1H3. The number of hydrogen-bond donors (Lipinski definition) is 0. The summed E-state index contributed by atoms with van der Waals surface area (Å²) >= 11 is 9.04. The lowest BCUT2D eigenvalue weighted by Gasteiger charge is -2.06. The molecule has 0 aliphatic heterocycles. The van der Waals surface area contributed by atoms with E-state index in [1.807, 2.05) is 0 Å². The first-order valence-corrected chi connectivity index (χ1v) is 5.90. The average molecular weight is 316 g/mol. The lowest BCUT2D eigenvalue weighted by molar-refractivity contribution is 0.112. The van der Waals surface area contributed by atoms with Crippen LogP contribution < -0.4 is 4.74 Å². The Labute approximate surface area is 111 Å². The van der Waals surface area contributed by atoms with Crippen molar-refractivity contribution in [1.29, 1.82) is 0 Å². The number of nitrogens with zero attached hydrogens (tertiary/aromatic N) is 2. The van der Waals surface area contributed by atoms with E-state index >= 15 is 0 Å². The van der Waals surface area contributed by atoms with Gasteiger partial charge in [-0.05, 0) is 34.1 Å². The first kappa shape index (κ1) is 12.1. The molecule has 0 spiro atoms. The minimum atomic E-state index is 0.368. The monoisotopic (exact) mass is 314 g/mol. The van der Waals surface area contributed by atoms with Crippen LogP contribution in [-0.4, -0.2) is 16.1 Å². The quantitative estimate of drug-likeness (QED) is 0.815. The second-order valence-corrected chi connectivity index (χ2v) is 4.50. The van der Waals surface area contributed by atoms with Gasteiger partial charge in [-0.25, -0.2) is 4.68 Å². The predicted molar refractivity (Wildman–Crippen MR) is 67.8 cm³/mol. The smallest absolute Gasteiger partial charge is 0.229 e. The number of aldehydes is 1. The van der Waals surface area contributed by atoms with Gasteiger partial charge >= 0.3 is 0 Å². The Kier molecular flexibility index (Phi) is 3.49. The Hall–Kier alpha value is -1.33. The van der Waals surface area contributed by atoms with Gasteiger partial charge in [0.25, 0.3) is 0 Å². The largest absolute Gasteiger partial charge is 0.438 e. The topological polar surface area (TPSA) is 44.1 Å². The highest BCUT2D eigenvalue weighted by Crippen LogP contribution is 2.29. The molecule has 1 aromatic carbocycles. The molecule has 4 nitrogen and oxygen atoms in total. The molecule has 0 N–H and O–H groups in total. The molecule has 0 fully saturated rings. The van der Waals surface area contributed by atoms with E-state index in [-0.39, 0.29) is 0 Å². The Bertz CT molecular complexity index is 569. The Balaban J connectivity index is 2.39. The second-order valence-electron chi connectivity index (χ2n) is 3.31. The van der Waals surface area contributed by atoms with E-state index < -0.39 is 0 Å². The van der Waals surface area contributed by atoms with E-state index in [0.717, 1.165) is 0 Å². The molecule has 1 aromatic heterocycles. The molecule has 0 saturated heterocycles. The molecule has 0 bridgehead atoms. The van der Waals surface area contributed by atoms with Crippen LogP contribution >= 0.6 is 27.5 Å². The van der Waals surface area contributed by atoms with Gasteiger partial charge in [0, 0.05) is 12.1 Å². The lowest BCUT2D eigenvalue weighted by atomic mass is 10.3. The third-order valence-electron chi connectivity index (χ3n) is 2.11. The zero-order valence-corrected chi connectivity index (χ0v) is 11.2. The van der Waals surface area contributed by atoms with E-state index in [1.165, 1.54) is 4.68 Å².